The molecule has 3 nitrogen and oxygen atoms in total. The van der Waals surface area contributed by atoms with Crippen LogP contribution in [0.2, 0.25) is 0 Å². The summed E-state index contributed by atoms with van der Waals surface area (Å²) in [5.41, 5.74) is 2.01. The normalized spacial score (nSPS) is 27.7. The van der Waals surface area contributed by atoms with Crippen molar-refractivity contribution in [3.05, 3.63) is 23.2 Å². The molecule has 1 aromatic rings. The van der Waals surface area contributed by atoms with Crippen LogP contribution in [0.4, 0.5) is 0 Å². The minimum absolute atomic E-state index is 0.311. The summed E-state index contributed by atoms with van der Waals surface area (Å²) in [7, 11) is 0. The quantitative estimate of drug-likeness (QED) is 0.909. The lowest BCUT2D eigenvalue weighted by atomic mass is 9.74. The van der Waals surface area contributed by atoms with Crippen LogP contribution in [-0.2, 0) is 11.2 Å². The molecule has 0 saturated carbocycles. The van der Waals surface area contributed by atoms with Gasteiger partial charge in [0.1, 0.15) is 11.5 Å². The molecule has 0 amide bonds. The van der Waals surface area contributed by atoms with Crippen molar-refractivity contribution in [2.24, 2.45) is 10.8 Å². The molecule has 1 unspecified atom stereocenters. The maximum Gasteiger partial charge on any atom is 0.109 e. The molecule has 19 heavy (non-hydrogen) atoms. The fraction of sp³-hybridized carbons (Fsp3) is 0.750. The molecule has 2 heterocycles. The van der Waals surface area contributed by atoms with Crippen molar-refractivity contribution in [2.75, 3.05) is 19.8 Å². The van der Waals surface area contributed by atoms with Crippen molar-refractivity contribution < 1.29 is 9.15 Å². The molecule has 0 aromatic carbocycles. The second-order valence-corrected chi connectivity index (χ2v) is 7.52. The van der Waals surface area contributed by atoms with Crippen molar-refractivity contribution in [3.8, 4) is 0 Å². The van der Waals surface area contributed by atoms with E-state index in [0.717, 1.165) is 31.9 Å². The highest BCUT2D eigenvalue weighted by atomic mass is 16.5. The van der Waals surface area contributed by atoms with E-state index in [2.05, 4.69) is 32.2 Å². The molecule has 1 atom stereocenters. The molecular formula is C16H25NO2. The van der Waals surface area contributed by atoms with Crippen LogP contribution in [0.5, 0.6) is 0 Å². The number of nitrogens with one attached hydrogen (secondary N) is 1. The predicted molar refractivity (Wildman–Crippen MR) is 75.2 cm³/mol. The highest BCUT2D eigenvalue weighted by Crippen LogP contribution is 2.42. The smallest absolute Gasteiger partial charge is 0.109 e. The SMILES string of the molecule is Cc1cc2c(o1)CC(C)(C)CC2NCC1(C)COC1. The first-order chi connectivity index (χ1) is 8.87. The van der Waals surface area contributed by atoms with Gasteiger partial charge in [-0.05, 0) is 24.8 Å². The van der Waals surface area contributed by atoms with Gasteiger partial charge < -0.3 is 14.5 Å². The maximum atomic E-state index is 5.88. The molecule has 3 heteroatoms. The number of aryl methyl sites for hydroxylation is 1. The van der Waals surface area contributed by atoms with Crippen molar-refractivity contribution in [3.63, 3.8) is 0 Å². The zero-order valence-electron chi connectivity index (χ0n) is 12.5. The summed E-state index contributed by atoms with van der Waals surface area (Å²) in [5.74, 6) is 2.22. The standard InChI is InChI=1S/C16H25NO2/c1-11-5-12-13(17-8-16(4)9-18-10-16)6-15(2,3)7-14(12)19-11/h5,13,17H,6-10H2,1-4H3. The Morgan fingerprint density at radius 1 is 1.32 bits per heavy atom. The molecule has 0 bridgehead atoms. The van der Waals surface area contributed by atoms with E-state index < -0.39 is 0 Å². The molecule has 0 spiro atoms. The first kappa shape index (κ1) is 13.2. The van der Waals surface area contributed by atoms with Gasteiger partial charge >= 0.3 is 0 Å². The van der Waals surface area contributed by atoms with Gasteiger partial charge in [0, 0.05) is 30.0 Å². The van der Waals surface area contributed by atoms with Crippen molar-refractivity contribution in [1.29, 1.82) is 0 Å². The van der Waals surface area contributed by atoms with Gasteiger partial charge in [-0.15, -0.1) is 0 Å². The van der Waals surface area contributed by atoms with E-state index in [1.165, 1.54) is 17.7 Å². The van der Waals surface area contributed by atoms with Crippen LogP contribution in [0.1, 0.15) is 50.3 Å². The molecule has 1 aromatic heterocycles. The van der Waals surface area contributed by atoms with Gasteiger partial charge in [0.25, 0.3) is 0 Å². The van der Waals surface area contributed by atoms with Gasteiger partial charge in [-0.1, -0.05) is 20.8 Å². The third-order valence-corrected chi connectivity index (χ3v) is 4.41. The van der Waals surface area contributed by atoms with Crippen LogP contribution in [0.25, 0.3) is 0 Å². The van der Waals surface area contributed by atoms with Crippen LogP contribution in [-0.4, -0.2) is 19.8 Å². The average Bonchev–Trinajstić information content (AvgIpc) is 2.62. The summed E-state index contributed by atoms with van der Waals surface area (Å²) in [5, 5.41) is 3.75. The molecule has 2 aliphatic rings. The van der Waals surface area contributed by atoms with Gasteiger partial charge in [-0.25, -0.2) is 0 Å². The molecule has 1 fully saturated rings. The third-order valence-electron chi connectivity index (χ3n) is 4.41. The Hall–Kier alpha value is -0.800. The highest BCUT2D eigenvalue weighted by molar-refractivity contribution is 5.29. The maximum absolute atomic E-state index is 5.88. The number of rotatable bonds is 3. The van der Waals surface area contributed by atoms with E-state index in [9.17, 15) is 0 Å². The number of fused-ring (bicyclic) bond motifs is 1. The summed E-state index contributed by atoms with van der Waals surface area (Å²) >= 11 is 0. The summed E-state index contributed by atoms with van der Waals surface area (Å²) in [6, 6.07) is 2.63. The molecule has 106 valence electrons. The van der Waals surface area contributed by atoms with Crippen LogP contribution in [0.3, 0.4) is 0 Å². The predicted octanol–water partition coefficient (Wildman–Crippen LogP) is 3.23. The van der Waals surface area contributed by atoms with Crippen LogP contribution < -0.4 is 5.32 Å². The minimum atomic E-state index is 0.311. The summed E-state index contributed by atoms with van der Waals surface area (Å²) in [6.45, 7) is 11.8. The monoisotopic (exact) mass is 263 g/mol. The number of ether oxygens (including phenoxy) is 1. The van der Waals surface area contributed by atoms with Gasteiger partial charge in [0.15, 0.2) is 0 Å². The van der Waals surface area contributed by atoms with Crippen LogP contribution in [0.15, 0.2) is 10.5 Å². The Labute approximate surface area is 115 Å². The van der Waals surface area contributed by atoms with E-state index in [1.807, 2.05) is 6.92 Å². The lowest BCUT2D eigenvalue weighted by Gasteiger charge is -2.41. The Morgan fingerprint density at radius 3 is 2.68 bits per heavy atom. The molecule has 1 aliphatic heterocycles. The molecule has 0 radical (unpaired) electrons. The topological polar surface area (TPSA) is 34.4 Å². The summed E-state index contributed by atoms with van der Waals surface area (Å²) in [4.78, 5) is 0. The number of furan rings is 1. The average molecular weight is 263 g/mol. The Bertz CT molecular complexity index is 471. The minimum Gasteiger partial charge on any atom is -0.466 e. The molecular weight excluding hydrogens is 238 g/mol. The zero-order valence-corrected chi connectivity index (χ0v) is 12.5. The Morgan fingerprint density at radius 2 is 2.05 bits per heavy atom. The van der Waals surface area contributed by atoms with E-state index in [-0.39, 0.29) is 0 Å². The second-order valence-electron chi connectivity index (χ2n) is 7.52. The summed E-state index contributed by atoms with van der Waals surface area (Å²) < 4.78 is 11.2. The Balaban J connectivity index is 1.76. The fourth-order valence-corrected chi connectivity index (χ4v) is 3.29. The van der Waals surface area contributed by atoms with Gasteiger partial charge in [-0.3, -0.25) is 0 Å². The lowest BCUT2D eigenvalue weighted by Crippen LogP contribution is -2.48. The third kappa shape index (κ3) is 2.59. The Kier molecular flexibility index (Phi) is 3.02. The molecule has 1 N–H and O–H groups in total. The first-order valence-electron chi connectivity index (χ1n) is 7.27. The van der Waals surface area contributed by atoms with Gasteiger partial charge in [-0.2, -0.15) is 0 Å². The van der Waals surface area contributed by atoms with Crippen molar-refractivity contribution in [1.82, 2.24) is 5.32 Å². The second kappa shape index (κ2) is 4.35. The van der Waals surface area contributed by atoms with Crippen LogP contribution >= 0.6 is 0 Å². The van der Waals surface area contributed by atoms with Gasteiger partial charge in [0.2, 0.25) is 0 Å². The largest absolute Gasteiger partial charge is 0.466 e. The number of hydrogen-bond donors (Lipinski definition) is 1. The van der Waals surface area contributed by atoms with E-state index in [0.29, 0.717) is 16.9 Å². The zero-order chi connectivity index (χ0) is 13.7. The van der Waals surface area contributed by atoms with Crippen molar-refractivity contribution >= 4 is 0 Å². The lowest BCUT2D eigenvalue weighted by molar-refractivity contribution is -0.101. The summed E-state index contributed by atoms with van der Waals surface area (Å²) in [6.07, 6.45) is 2.23. The fourth-order valence-electron chi connectivity index (χ4n) is 3.29. The number of hydrogen-bond acceptors (Lipinski definition) is 3. The molecule has 1 aliphatic carbocycles. The van der Waals surface area contributed by atoms with Crippen LogP contribution in [0, 0.1) is 17.8 Å². The molecule has 3 rings (SSSR count). The van der Waals surface area contributed by atoms with Crippen molar-refractivity contribution in [2.45, 2.75) is 46.6 Å². The van der Waals surface area contributed by atoms with Gasteiger partial charge in [0.05, 0.1) is 13.2 Å². The van der Waals surface area contributed by atoms with E-state index in [4.69, 9.17) is 9.15 Å². The first-order valence-corrected chi connectivity index (χ1v) is 7.27. The van der Waals surface area contributed by atoms with E-state index in [1.54, 1.807) is 0 Å². The van der Waals surface area contributed by atoms with E-state index >= 15 is 0 Å². The molecule has 1 saturated heterocycles. The highest BCUT2D eigenvalue weighted by Gasteiger charge is 2.38.